The lowest BCUT2D eigenvalue weighted by molar-refractivity contribution is -0.138. The van der Waals surface area contributed by atoms with Crippen molar-refractivity contribution >= 4 is 23.5 Å². The number of cyclic esters (lactones) is 1. The summed E-state index contributed by atoms with van der Waals surface area (Å²) < 4.78 is 5.01. The van der Waals surface area contributed by atoms with E-state index >= 15 is 0 Å². The fourth-order valence-corrected chi connectivity index (χ4v) is 1.58. The van der Waals surface area contributed by atoms with E-state index in [1.807, 2.05) is 0 Å². The molecule has 0 aromatic heterocycles. The van der Waals surface area contributed by atoms with Gasteiger partial charge in [0.25, 0.3) is 0 Å². The van der Waals surface area contributed by atoms with Crippen LogP contribution in [0.25, 0.3) is 0 Å². The molecule has 4 heteroatoms. The second-order valence-corrected chi connectivity index (χ2v) is 3.67. The highest BCUT2D eigenvalue weighted by atomic mass is 35.5. The SMILES string of the molecule is O=C=C1CC(c2ccc(Cl)cc2)OC1=O. The highest BCUT2D eigenvalue weighted by molar-refractivity contribution is 6.30. The maximum absolute atomic E-state index is 11.1. The van der Waals surface area contributed by atoms with Crippen LogP contribution in [-0.2, 0) is 14.3 Å². The number of hydrogen-bond donors (Lipinski definition) is 0. The van der Waals surface area contributed by atoms with Crippen molar-refractivity contribution in [1.29, 1.82) is 0 Å². The standard InChI is InChI=1S/C11H7ClO3/c12-9-3-1-7(2-4-9)10-5-8(6-13)11(14)15-10/h1-4,10H,5H2. The van der Waals surface area contributed by atoms with Crippen molar-refractivity contribution in [2.24, 2.45) is 0 Å². The van der Waals surface area contributed by atoms with Gasteiger partial charge in [-0.3, -0.25) is 0 Å². The normalized spacial score (nSPS) is 19.9. The molecule has 0 N–H and O–H groups in total. The van der Waals surface area contributed by atoms with Gasteiger partial charge in [0.2, 0.25) is 0 Å². The molecular formula is C11H7ClO3. The van der Waals surface area contributed by atoms with Crippen molar-refractivity contribution < 1.29 is 14.3 Å². The maximum atomic E-state index is 11.1. The number of esters is 1. The summed E-state index contributed by atoms with van der Waals surface area (Å²) in [6.45, 7) is 0. The number of benzene rings is 1. The number of carbonyl (C=O) groups is 1. The Hall–Kier alpha value is -1.57. The third-order valence-electron chi connectivity index (χ3n) is 2.25. The Morgan fingerprint density at radius 2 is 2.00 bits per heavy atom. The summed E-state index contributed by atoms with van der Waals surface area (Å²) in [4.78, 5) is 21.5. The van der Waals surface area contributed by atoms with Crippen LogP contribution in [0.3, 0.4) is 0 Å². The molecule has 1 aliphatic heterocycles. The third kappa shape index (κ3) is 1.94. The van der Waals surface area contributed by atoms with Gasteiger partial charge in [-0.25, -0.2) is 9.59 Å². The Morgan fingerprint density at radius 3 is 2.53 bits per heavy atom. The minimum Gasteiger partial charge on any atom is -0.453 e. The van der Waals surface area contributed by atoms with E-state index in [-0.39, 0.29) is 18.1 Å². The maximum Gasteiger partial charge on any atom is 0.346 e. The monoisotopic (exact) mass is 222 g/mol. The van der Waals surface area contributed by atoms with Gasteiger partial charge in [-0.2, -0.15) is 0 Å². The van der Waals surface area contributed by atoms with Crippen LogP contribution in [0, 0.1) is 0 Å². The molecule has 1 aliphatic rings. The molecule has 0 amide bonds. The highest BCUT2D eigenvalue weighted by Gasteiger charge is 2.30. The molecule has 1 unspecified atom stereocenters. The first kappa shape index (κ1) is 9.97. The first-order valence-corrected chi connectivity index (χ1v) is 4.79. The van der Waals surface area contributed by atoms with Crippen LogP contribution in [0.15, 0.2) is 29.8 Å². The molecule has 0 aliphatic carbocycles. The number of halogens is 1. The fourth-order valence-electron chi connectivity index (χ4n) is 1.46. The van der Waals surface area contributed by atoms with Crippen molar-refractivity contribution in [3.63, 3.8) is 0 Å². The molecule has 0 radical (unpaired) electrons. The quantitative estimate of drug-likeness (QED) is 0.415. The molecule has 15 heavy (non-hydrogen) atoms. The van der Waals surface area contributed by atoms with E-state index in [9.17, 15) is 9.59 Å². The van der Waals surface area contributed by atoms with Crippen molar-refractivity contribution in [3.8, 4) is 0 Å². The fraction of sp³-hybridized carbons (Fsp3) is 0.182. The van der Waals surface area contributed by atoms with Gasteiger partial charge < -0.3 is 4.74 Å². The lowest BCUT2D eigenvalue weighted by atomic mass is 10.1. The average Bonchev–Trinajstić information content (AvgIpc) is 2.61. The zero-order valence-electron chi connectivity index (χ0n) is 7.70. The molecule has 3 nitrogen and oxygen atoms in total. The molecule has 2 rings (SSSR count). The largest absolute Gasteiger partial charge is 0.453 e. The molecule has 1 atom stereocenters. The molecule has 0 spiro atoms. The van der Waals surface area contributed by atoms with Crippen LogP contribution in [0.4, 0.5) is 0 Å². The molecule has 1 fully saturated rings. The Bertz CT molecular complexity index is 443. The zero-order chi connectivity index (χ0) is 10.8. The summed E-state index contributed by atoms with van der Waals surface area (Å²) in [6.07, 6.45) is -0.101. The van der Waals surface area contributed by atoms with Gasteiger partial charge >= 0.3 is 5.97 Å². The summed E-state index contributed by atoms with van der Waals surface area (Å²) in [6, 6.07) is 6.97. The van der Waals surface area contributed by atoms with E-state index in [2.05, 4.69) is 0 Å². The van der Waals surface area contributed by atoms with E-state index in [4.69, 9.17) is 16.3 Å². The van der Waals surface area contributed by atoms with Gasteiger partial charge in [0.15, 0.2) is 0 Å². The Balaban J connectivity index is 2.24. The highest BCUT2D eigenvalue weighted by Crippen LogP contribution is 2.32. The Morgan fingerprint density at radius 1 is 1.33 bits per heavy atom. The second-order valence-electron chi connectivity index (χ2n) is 3.23. The Labute approximate surface area is 91.3 Å². The smallest absolute Gasteiger partial charge is 0.346 e. The topological polar surface area (TPSA) is 43.4 Å². The van der Waals surface area contributed by atoms with Crippen LogP contribution in [0.2, 0.25) is 5.02 Å². The number of ether oxygens (including phenoxy) is 1. The number of rotatable bonds is 1. The first-order valence-electron chi connectivity index (χ1n) is 4.41. The van der Waals surface area contributed by atoms with Crippen molar-refractivity contribution in [3.05, 3.63) is 40.4 Å². The van der Waals surface area contributed by atoms with E-state index < -0.39 is 5.97 Å². The molecular weight excluding hydrogens is 216 g/mol. The molecule has 76 valence electrons. The van der Waals surface area contributed by atoms with E-state index in [1.54, 1.807) is 30.2 Å². The predicted molar refractivity (Wildman–Crippen MR) is 54.1 cm³/mol. The molecule has 1 aromatic rings. The number of hydrogen-bond acceptors (Lipinski definition) is 3. The van der Waals surface area contributed by atoms with Crippen LogP contribution in [0.5, 0.6) is 0 Å². The van der Waals surface area contributed by atoms with Crippen LogP contribution in [-0.4, -0.2) is 11.9 Å². The van der Waals surface area contributed by atoms with E-state index in [1.165, 1.54) is 0 Å². The van der Waals surface area contributed by atoms with Gasteiger partial charge in [0.05, 0.1) is 0 Å². The Kier molecular flexibility index (Phi) is 2.58. The summed E-state index contributed by atoms with van der Waals surface area (Å²) in [5.41, 5.74) is 0.896. The predicted octanol–water partition coefficient (Wildman–Crippen LogP) is 2.09. The molecule has 0 bridgehead atoms. The summed E-state index contributed by atoms with van der Waals surface area (Å²) in [5, 5.41) is 0.620. The summed E-state index contributed by atoms with van der Waals surface area (Å²) in [7, 11) is 0. The van der Waals surface area contributed by atoms with Crippen molar-refractivity contribution in [2.45, 2.75) is 12.5 Å². The molecule has 0 saturated carbocycles. The third-order valence-corrected chi connectivity index (χ3v) is 2.50. The molecule has 1 aromatic carbocycles. The zero-order valence-corrected chi connectivity index (χ0v) is 8.45. The van der Waals surface area contributed by atoms with Gasteiger partial charge in [0, 0.05) is 11.4 Å². The van der Waals surface area contributed by atoms with Gasteiger partial charge in [-0.1, -0.05) is 23.7 Å². The van der Waals surface area contributed by atoms with E-state index in [0.29, 0.717) is 5.02 Å². The van der Waals surface area contributed by atoms with Crippen LogP contribution >= 0.6 is 11.6 Å². The summed E-state index contributed by atoms with van der Waals surface area (Å²) in [5.74, 6) is 1.01. The van der Waals surface area contributed by atoms with E-state index in [0.717, 1.165) is 5.56 Å². The van der Waals surface area contributed by atoms with Gasteiger partial charge in [-0.05, 0) is 17.7 Å². The summed E-state index contributed by atoms with van der Waals surface area (Å²) >= 11 is 5.73. The molecule has 1 heterocycles. The van der Waals surface area contributed by atoms with Crippen molar-refractivity contribution in [2.75, 3.05) is 0 Å². The van der Waals surface area contributed by atoms with Gasteiger partial charge in [0.1, 0.15) is 17.6 Å². The number of carbonyl (C=O) groups excluding carboxylic acids is 2. The minimum atomic E-state index is -0.579. The van der Waals surface area contributed by atoms with Gasteiger partial charge in [-0.15, -0.1) is 0 Å². The lowest BCUT2D eigenvalue weighted by Crippen LogP contribution is -1.98. The minimum absolute atomic E-state index is 0.0648. The van der Waals surface area contributed by atoms with Crippen LogP contribution < -0.4 is 0 Å². The first-order chi connectivity index (χ1) is 7.20. The van der Waals surface area contributed by atoms with Crippen LogP contribution in [0.1, 0.15) is 18.1 Å². The average molecular weight is 223 g/mol. The van der Waals surface area contributed by atoms with Crippen molar-refractivity contribution in [1.82, 2.24) is 0 Å². The lowest BCUT2D eigenvalue weighted by Gasteiger charge is -2.07. The second kappa shape index (κ2) is 3.89. The molecule has 1 saturated heterocycles.